The number of benzene rings is 1. The SMILES string of the molecule is O=C(Cc1noc2ccccc12)N[C@@H]1CCCC[C@H]1O. The number of aliphatic hydroxyl groups is 1. The van der Waals surface area contributed by atoms with E-state index in [1.165, 1.54) is 0 Å². The molecule has 1 amide bonds. The van der Waals surface area contributed by atoms with E-state index in [2.05, 4.69) is 10.5 Å². The van der Waals surface area contributed by atoms with Gasteiger partial charge in [-0.15, -0.1) is 0 Å². The van der Waals surface area contributed by atoms with Gasteiger partial charge in [0.2, 0.25) is 5.91 Å². The summed E-state index contributed by atoms with van der Waals surface area (Å²) >= 11 is 0. The molecule has 0 radical (unpaired) electrons. The van der Waals surface area contributed by atoms with Crippen LogP contribution in [0.4, 0.5) is 0 Å². The van der Waals surface area contributed by atoms with E-state index in [1.54, 1.807) is 0 Å². The van der Waals surface area contributed by atoms with Crippen molar-refractivity contribution < 1.29 is 14.4 Å². The molecule has 0 aliphatic heterocycles. The topological polar surface area (TPSA) is 75.4 Å². The van der Waals surface area contributed by atoms with Crippen LogP contribution in [0.5, 0.6) is 0 Å². The number of carbonyl (C=O) groups excluding carboxylic acids is 1. The Labute approximate surface area is 116 Å². The van der Waals surface area contributed by atoms with Crippen LogP contribution in [-0.2, 0) is 11.2 Å². The number of hydrogen-bond acceptors (Lipinski definition) is 4. The Hall–Kier alpha value is -1.88. The highest BCUT2D eigenvalue weighted by Crippen LogP contribution is 2.20. The molecule has 0 unspecified atom stereocenters. The Kier molecular flexibility index (Phi) is 3.69. The highest BCUT2D eigenvalue weighted by molar-refractivity contribution is 5.86. The van der Waals surface area contributed by atoms with Gasteiger partial charge in [0.1, 0.15) is 5.69 Å². The van der Waals surface area contributed by atoms with Crippen molar-refractivity contribution in [2.45, 2.75) is 44.2 Å². The van der Waals surface area contributed by atoms with E-state index in [4.69, 9.17) is 4.52 Å². The second kappa shape index (κ2) is 5.63. The first-order valence-electron chi connectivity index (χ1n) is 7.05. The Morgan fingerprint density at radius 1 is 1.35 bits per heavy atom. The van der Waals surface area contributed by atoms with Crippen LogP contribution in [0, 0.1) is 0 Å². The molecule has 1 aromatic heterocycles. The maximum atomic E-state index is 12.1. The first-order valence-corrected chi connectivity index (χ1v) is 7.05. The van der Waals surface area contributed by atoms with Gasteiger partial charge in [-0.25, -0.2) is 0 Å². The summed E-state index contributed by atoms with van der Waals surface area (Å²) in [5.74, 6) is -0.116. The van der Waals surface area contributed by atoms with Crippen molar-refractivity contribution in [3.8, 4) is 0 Å². The fourth-order valence-electron chi connectivity index (χ4n) is 2.76. The first kappa shape index (κ1) is 13.1. The highest BCUT2D eigenvalue weighted by atomic mass is 16.5. The number of carbonyl (C=O) groups is 1. The molecule has 1 aliphatic rings. The lowest BCUT2D eigenvalue weighted by Crippen LogP contribution is -2.45. The molecular formula is C15H18N2O3. The van der Waals surface area contributed by atoms with Gasteiger partial charge in [0.05, 0.1) is 18.6 Å². The zero-order valence-electron chi connectivity index (χ0n) is 11.2. The van der Waals surface area contributed by atoms with Gasteiger partial charge in [-0.2, -0.15) is 0 Å². The van der Waals surface area contributed by atoms with E-state index in [0.29, 0.717) is 11.3 Å². The average molecular weight is 274 g/mol. The Morgan fingerprint density at radius 3 is 3.00 bits per heavy atom. The minimum Gasteiger partial charge on any atom is -0.391 e. The van der Waals surface area contributed by atoms with E-state index in [9.17, 15) is 9.90 Å². The normalized spacial score (nSPS) is 22.9. The van der Waals surface area contributed by atoms with Gasteiger partial charge in [-0.3, -0.25) is 4.79 Å². The lowest BCUT2D eigenvalue weighted by Gasteiger charge is -2.28. The van der Waals surface area contributed by atoms with Crippen LogP contribution in [0.1, 0.15) is 31.4 Å². The van der Waals surface area contributed by atoms with Crippen molar-refractivity contribution in [1.29, 1.82) is 0 Å². The van der Waals surface area contributed by atoms with Gasteiger partial charge in [0, 0.05) is 5.39 Å². The summed E-state index contributed by atoms with van der Waals surface area (Å²) in [6, 6.07) is 7.36. The van der Waals surface area contributed by atoms with Gasteiger partial charge in [-0.1, -0.05) is 30.1 Å². The summed E-state index contributed by atoms with van der Waals surface area (Å²) in [6.45, 7) is 0. The fourth-order valence-corrected chi connectivity index (χ4v) is 2.76. The molecule has 2 N–H and O–H groups in total. The van der Waals surface area contributed by atoms with Crippen molar-refractivity contribution in [1.82, 2.24) is 10.5 Å². The van der Waals surface area contributed by atoms with Crippen LogP contribution in [0.25, 0.3) is 11.0 Å². The van der Waals surface area contributed by atoms with Crippen LogP contribution in [0.2, 0.25) is 0 Å². The zero-order valence-corrected chi connectivity index (χ0v) is 11.2. The fraction of sp³-hybridized carbons (Fsp3) is 0.467. The van der Waals surface area contributed by atoms with Crippen molar-refractivity contribution in [2.24, 2.45) is 0 Å². The molecule has 0 saturated heterocycles. The number of aromatic nitrogens is 1. The quantitative estimate of drug-likeness (QED) is 0.894. The molecule has 0 spiro atoms. The van der Waals surface area contributed by atoms with E-state index >= 15 is 0 Å². The maximum Gasteiger partial charge on any atom is 0.226 e. The molecule has 1 fully saturated rings. The minimum atomic E-state index is -0.429. The molecule has 5 heteroatoms. The van der Waals surface area contributed by atoms with Crippen LogP contribution in [-0.4, -0.2) is 28.3 Å². The Morgan fingerprint density at radius 2 is 2.15 bits per heavy atom. The number of aliphatic hydroxyl groups excluding tert-OH is 1. The predicted molar refractivity (Wildman–Crippen MR) is 74.1 cm³/mol. The molecule has 1 aromatic carbocycles. The zero-order chi connectivity index (χ0) is 13.9. The second-order valence-electron chi connectivity index (χ2n) is 5.33. The summed E-state index contributed by atoms with van der Waals surface area (Å²) in [5, 5.41) is 17.6. The number of nitrogens with one attached hydrogen (secondary N) is 1. The molecular weight excluding hydrogens is 256 g/mol. The largest absolute Gasteiger partial charge is 0.391 e. The molecule has 2 aromatic rings. The van der Waals surface area contributed by atoms with E-state index in [0.717, 1.165) is 31.1 Å². The lowest BCUT2D eigenvalue weighted by molar-refractivity contribution is -0.122. The molecule has 20 heavy (non-hydrogen) atoms. The first-order chi connectivity index (χ1) is 9.74. The van der Waals surface area contributed by atoms with Crippen LogP contribution in [0.3, 0.4) is 0 Å². The second-order valence-corrected chi connectivity index (χ2v) is 5.33. The van der Waals surface area contributed by atoms with E-state index in [1.807, 2.05) is 24.3 Å². The third-order valence-electron chi connectivity index (χ3n) is 3.86. The number of fused-ring (bicyclic) bond motifs is 1. The summed E-state index contributed by atoms with van der Waals surface area (Å²) in [5.41, 5.74) is 1.33. The van der Waals surface area contributed by atoms with Gasteiger partial charge >= 0.3 is 0 Å². The van der Waals surface area contributed by atoms with Crippen molar-refractivity contribution in [3.05, 3.63) is 30.0 Å². The van der Waals surface area contributed by atoms with Crippen LogP contribution < -0.4 is 5.32 Å². The van der Waals surface area contributed by atoms with Crippen molar-refractivity contribution in [2.75, 3.05) is 0 Å². The molecule has 1 saturated carbocycles. The third-order valence-corrected chi connectivity index (χ3v) is 3.86. The van der Waals surface area contributed by atoms with Crippen LogP contribution in [0.15, 0.2) is 28.8 Å². The molecule has 2 atom stereocenters. The van der Waals surface area contributed by atoms with Gasteiger partial charge in [0.15, 0.2) is 5.58 Å². The third kappa shape index (κ3) is 2.67. The highest BCUT2D eigenvalue weighted by Gasteiger charge is 2.25. The summed E-state index contributed by atoms with van der Waals surface area (Å²) in [6.07, 6.45) is 3.43. The molecule has 3 rings (SSSR count). The van der Waals surface area contributed by atoms with Gasteiger partial charge in [0.25, 0.3) is 0 Å². The van der Waals surface area contributed by atoms with Crippen molar-refractivity contribution in [3.63, 3.8) is 0 Å². The molecule has 0 bridgehead atoms. The van der Waals surface area contributed by atoms with E-state index in [-0.39, 0.29) is 18.4 Å². The number of amides is 1. The Bertz CT molecular complexity index is 608. The maximum absolute atomic E-state index is 12.1. The minimum absolute atomic E-state index is 0.116. The monoisotopic (exact) mass is 274 g/mol. The molecule has 1 aliphatic carbocycles. The van der Waals surface area contributed by atoms with Crippen molar-refractivity contribution >= 4 is 16.9 Å². The number of nitrogens with zero attached hydrogens (tertiary/aromatic N) is 1. The molecule has 5 nitrogen and oxygen atoms in total. The number of hydrogen-bond donors (Lipinski definition) is 2. The molecule has 1 heterocycles. The summed E-state index contributed by atoms with van der Waals surface area (Å²) < 4.78 is 5.18. The standard InChI is InChI=1S/C15H18N2O3/c18-13-7-3-2-6-11(13)16-15(19)9-12-10-5-1-4-8-14(10)20-17-12/h1,4-5,8,11,13,18H,2-3,6-7,9H2,(H,16,19)/t11-,13-/m1/s1. The summed E-state index contributed by atoms with van der Waals surface area (Å²) in [7, 11) is 0. The smallest absolute Gasteiger partial charge is 0.226 e. The van der Waals surface area contributed by atoms with E-state index < -0.39 is 6.10 Å². The lowest BCUT2D eigenvalue weighted by atomic mass is 9.92. The number of para-hydroxylation sites is 1. The average Bonchev–Trinajstić information content (AvgIpc) is 2.85. The molecule has 106 valence electrons. The van der Waals surface area contributed by atoms with Crippen LogP contribution >= 0.6 is 0 Å². The number of rotatable bonds is 3. The van der Waals surface area contributed by atoms with Gasteiger partial charge in [-0.05, 0) is 25.0 Å². The summed E-state index contributed by atoms with van der Waals surface area (Å²) in [4.78, 5) is 12.1. The predicted octanol–water partition coefficient (Wildman–Crippen LogP) is 1.79. The van der Waals surface area contributed by atoms with Gasteiger partial charge < -0.3 is 14.9 Å². The Balaban J connectivity index is 1.66.